The van der Waals surface area contributed by atoms with Crippen LogP contribution in [0.4, 0.5) is 5.69 Å². The van der Waals surface area contributed by atoms with Gasteiger partial charge in [0.05, 0.1) is 23.8 Å². The Bertz CT molecular complexity index is 523. The fourth-order valence-corrected chi connectivity index (χ4v) is 2.23. The molecular formula is C13H17N3OS. The van der Waals surface area contributed by atoms with Crippen LogP contribution in [0.3, 0.4) is 0 Å². The number of hydrogen-bond acceptors (Lipinski definition) is 3. The van der Waals surface area contributed by atoms with Crippen LogP contribution >= 0.6 is 11.3 Å². The lowest BCUT2D eigenvalue weighted by Gasteiger charge is -2.18. The first-order chi connectivity index (χ1) is 8.45. The zero-order valence-electron chi connectivity index (χ0n) is 10.8. The maximum absolute atomic E-state index is 11.8. The van der Waals surface area contributed by atoms with Gasteiger partial charge in [-0.3, -0.25) is 9.48 Å². The van der Waals surface area contributed by atoms with Crippen molar-refractivity contribution < 1.29 is 4.79 Å². The Morgan fingerprint density at radius 3 is 2.83 bits per heavy atom. The molecule has 96 valence electrons. The molecule has 0 bridgehead atoms. The van der Waals surface area contributed by atoms with E-state index >= 15 is 0 Å². The van der Waals surface area contributed by atoms with E-state index in [1.54, 1.807) is 17.5 Å². The van der Waals surface area contributed by atoms with E-state index in [9.17, 15) is 4.79 Å². The molecule has 2 heterocycles. The van der Waals surface area contributed by atoms with E-state index in [-0.39, 0.29) is 11.4 Å². The zero-order chi connectivity index (χ0) is 13.2. The third-order valence-corrected chi connectivity index (χ3v) is 3.34. The third kappa shape index (κ3) is 3.20. The van der Waals surface area contributed by atoms with Gasteiger partial charge in [0, 0.05) is 11.1 Å². The van der Waals surface area contributed by atoms with Crippen molar-refractivity contribution in [3.63, 3.8) is 0 Å². The quantitative estimate of drug-likeness (QED) is 0.925. The first-order valence-electron chi connectivity index (χ1n) is 5.82. The summed E-state index contributed by atoms with van der Waals surface area (Å²) in [5.74, 6) is -0.00842. The molecule has 0 radical (unpaired) electrons. The number of thiophene rings is 1. The number of hydrogen-bond donors (Lipinski definition) is 1. The van der Waals surface area contributed by atoms with Crippen LogP contribution in [0.1, 0.15) is 25.6 Å². The van der Waals surface area contributed by atoms with Crippen molar-refractivity contribution in [2.24, 2.45) is 0 Å². The molecule has 1 N–H and O–H groups in total. The maximum atomic E-state index is 11.8. The van der Waals surface area contributed by atoms with Gasteiger partial charge in [-0.15, -0.1) is 11.3 Å². The van der Waals surface area contributed by atoms with Gasteiger partial charge in [0.25, 0.3) is 0 Å². The smallest absolute Gasteiger partial charge is 0.229 e. The van der Waals surface area contributed by atoms with Crippen LogP contribution in [-0.2, 0) is 16.8 Å². The summed E-state index contributed by atoms with van der Waals surface area (Å²) in [5.41, 5.74) is 0.669. The van der Waals surface area contributed by atoms with E-state index in [4.69, 9.17) is 0 Å². The molecule has 1 amide bonds. The summed E-state index contributed by atoms with van der Waals surface area (Å²) < 4.78 is 1.84. The highest BCUT2D eigenvalue weighted by atomic mass is 32.1. The van der Waals surface area contributed by atoms with Crippen molar-refractivity contribution in [1.82, 2.24) is 9.78 Å². The fraction of sp³-hybridized carbons (Fsp3) is 0.385. The van der Waals surface area contributed by atoms with E-state index in [2.05, 4.69) is 31.2 Å². The van der Waals surface area contributed by atoms with E-state index in [0.29, 0.717) is 6.42 Å². The number of carbonyl (C=O) groups excluding carboxylic acids is 1. The molecule has 4 nitrogen and oxygen atoms in total. The van der Waals surface area contributed by atoms with Crippen molar-refractivity contribution in [3.05, 3.63) is 34.8 Å². The maximum Gasteiger partial charge on any atom is 0.229 e. The van der Waals surface area contributed by atoms with E-state index in [1.165, 1.54) is 0 Å². The highest BCUT2D eigenvalue weighted by Gasteiger charge is 2.14. The first-order valence-corrected chi connectivity index (χ1v) is 6.70. The lowest BCUT2D eigenvalue weighted by atomic mass is 10.1. The van der Waals surface area contributed by atoms with Gasteiger partial charge in [0.15, 0.2) is 0 Å². The average molecular weight is 263 g/mol. The fourth-order valence-electron chi connectivity index (χ4n) is 1.53. The van der Waals surface area contributed by atoms with Crippen LogP contribution in [0.5, 0.6) is 0 Å². The summed E-state index contributed by atoms with van der Waals surface area (Å²) in [5, 5.41) is 9.07. The van der Waals surface area contributed by atoms with Crippen LogP contribution in [0.25, 0.3) is 0 Å². The standard InChI is InChI=1S/C13H17N3OS/c1-13(2,3)16-9-10(8-14-16)15-12(17)7-11-5-4-6-18-11/h4-6,8-9H,7H2,1-3H3,(H,15,17). The van der Waals surface area contributed by atoms with E-state index < -0.39 is 0 Å². The molecule has 0 saturated heterocycles. The molecule has 0 unspecified atom stereocenters. The van der Waals surface area contributed by atoms with E-state index in [0.717, 1.165) is 10.6 Å². The predicted molar refractivity (Wildman–Crippen MR) is 73.9 cm³/mol. The lowest BCUT2D eigenvalue weighted by molar-refractivity contribution is -0.115. The number of carbonyl (C=O) groups is 1. The highest BCUT2D eigenvalue weighted by molar-refractivity contribution is 7.10. The molecule has 5 heteroatoms. The van der Waals surface area contributed by atoms with Gasteiger partial charge in [0.2, 0.25) is 5.91 Å². The monoisotopic (exact) mass is 263 g/mol. The molecule has 0 aromatic carbocycles. The van der Waals surface area contributed by atoms with Crippen molar-refractivity contribution in [2.75, 3.05) is 5.32 Å². The Kier molecular flexibility index (Phi) is 3.52. The minimum atomic E-state index is -0.0727. The van der Waals surface area contributed by atoms with Crippen molar-refractivity contribution in [1.29, 1.82) is 0 Å². The molecule has 2 aromatic heterocycles. The molecule has 0 aliphatic rings. The largest absolute Gasteiger partial charge is 0.323 e. The second-order valence-corrected chi connectivity index (χ2v) is 6.18. The van der Waals surface area contributed by atoms with Gasteiger partial charge < -0.3 is 5.32 Å². The van der Waals surface area contributed by atoms with Crippen LogP contribution in [0.15, 0.2) is 29.9 Å². The Labute approximate surface area is 111 Å². The first kappa shape index (κ1) is 12.8. The molecule has 0 fully saturated rings. The second kappa shape index (κ2) is 4.94. The molecule has 18 heavy (non-hydrogen) atoms. The SMILES string of the molecule is CC(C)(C)n1cc(NC(=O)Cc2cccs2)cn1. The Morgan fingerprint density at radius 2 is 2.28 bits per heavy atom. The van der Waals surface area contributed by atoms with Crippen LogP contribution < -0.4 is 5.32 Å². The summed E-state index contributed by atoms with van der Waals surface area (Å²) in [6.07, 6.45) is 3.95. The highest BCUT2D eigenvalue weighted by Crippen LogP contribution is 2.16. The summed E-state index contributed by atoms with van der Waals surface area (Å²) in [6, 6.07) is 3.91. The molecular weight excluding hydrogens is 246 g/mol. The lowest BCUT2D eigenvalue weighted by Crippen LogP contribution is -2.22. The summed E-state index contributed by atoms with van der Waals surface area (Å²) >= 11 is 1.59. The average Bonchev–Trinajstić information content (AvgIpc) is 2.87. The third-order valence-electron chi connectivity index (χ3n) is 2.47. The molecule has 0 saturated carbocycles. The Balaban J connectivity index is 1.97. The molecule has 0 spiro atoms. The molecule has 0 aliphatic heterocycles. The normalized spacial score (nSPS) is 11.5. The minimum Gasteiger partial charge on any atom is -0.323 e. The minimum absolute atomic E-state index is 0.00842. The van der Waals surface area contributed by atoms with Crippen LogP contribution in [0, 0.1) is 0 Å². The topological polar surface area (TPSA) is 46.9 Å². The molecule has 2 rings (SSSR count). The zero-order valence-corrected chi connectivity index (χ0v) is 11.6. The van der Waals surface area contributed by atoms with Gasteiger partial charge in [-0.25, -0.2) is 0 Å². The number of rotatable bonds is 3. The molecule has 0 atom stereocenters. The number of anilines is 1. The van der Waals surface area contributed by atoms with Gasteiger partial charge in [-0.2, -0.15) is 5.10 Å². The van der Waals surface area contributed by atoms with Crippen LogP contribution in [-0.4, -0.2) is 15.7 Å². The van der Waals surface area contributed by atoms with Crippen molar-refractivity contribution in [3.8, 4) is 0 Å². The van der Waals surface area contributed by atoms with Gasteiger partial charge in [0.1, 0.15) is 0 Å². The number of amides is 1. The Morgan fingerprint density at radius 1 is 1.50 bits per heavy atom. The number of nitrogens with one attached hydrogen (secondary N) is 1. The van der Waals surface area contributed by atoms with Gasteiger partial charge >= 0.3 is 0 Å². The molecule has 0 aliphatic carbocycles. The summed E-state index contributed by atoms with van der Waals surface area (Å²) in [6.45, 7) is 6.20. The predicted octanol–water partition coefficient (Wildman–Crippen LogP) is 2.88. The van der Waals surface area contributed by atoms with Gasteiger partial charge in [-0.1, -0.05) is 6.07 Å². The Hall–Kier alpha value is -1.62. The number of aromatic nitrogens is 2. The molecule has 2 aromatic rings. The van der Waals surface area contributed by atoms with Crippen LogP contribution in [0.2, 0.25) is 0 Å². The summed E-state index contributed by atoms with van der Waals surface area (Å²) in [4.78, 5) is 12.9. The number of nitrogens with zero attached hydrogens (tertiary/aromatic N) is 2. The van der Waals surface area contributed by atoms with Crippen molar-refractivity contribution in [2.45, 2.75) is 32.7 Å². The van der Waals surface area contributed by atoms with Crippen molar-refractivity contribution >= 4 is 22.9 Å². The second-order valence-electron chi connectivity index (χ2n) is 5.15. The van der Waals surface area contributed by atoms with Gasteiger partial charge in [-0.05, 0) is 32.2 Å². The van der Waals surface area contributed by atoms with E-state index in [1.807, 2.05) is 28.4 Å². The summed E-state index contributed by atoms with van der Waals surface area (Å²) in [7, 11) is 0.